The average molecular weight is 250 g/mol. The number of benzene rings is 1. The van der Waals surface area contributed by atoms with Gasteiger partial charge in [-0.25, -0.2) is 9.07 Å². The van der Waals surface area contributed by atoms with Crippen molar-refractivity contribution < 1.29 is 9.18 Å². The van der Waals surface area contributed by atoms with Crippen LogP contribution in [0.25, 0.3) is 5.69 Å². The van der Waals surface area contributed by atoms with Gasteiger partial charge < -0.3 is 11.1 Å². The molecule has 3 N–H and O–H groups in total. The molecule has 0 saturated carbocycles. The molecule has 0 unspecified atom stereocenters. The van der Waals surface area contributed by atoms with Gasteiger partial charge in [0.25, 0.3) is 0 Å². The van der Waals surface area contributed by atoms with E-state index in [0.29, 0.717) is 17.7 Å². The maximum absolute atomic E-state index is 13.1. The van der Waals surface area contributed by atoms with Crippen molar-refractivity contribution in [2.24, 2.45) is 0 Å². The summed E-state index contributed by atoms with van der Waals surface area (Å²) in [5, 5.41) is 6.66. The van der Waals surface area contributed by atoms with Crippen LogP contribution in [0.1, 0.15) is 10.5 Å². The van der Waals surface area contributed by atoms with Crippen LogP contribution in [0.2, 0.25) is 0 Å². The first-order valence-electron chi connectivity index (χ1n) is 5.27. The van der Waals surface area contributed by atoms with E-state index >= 15 is 0 Å². The lowest BCUT2D eigenvalue weighted by Crippen LogP contribution is -1.98. The first kappa shape index (κ1) is 13.9. The quantitative estimate of drug-likeness (QED) is 0.621. The predicted octanol–water partition coefficient (Wildman–Crippen LogP) is 1.24. The normalized spacial score (nSPS) is 9.50. The van der Waals surface area contributed by atoms with E-state index in [9.17, 15) is 9.18 Å². The Morgan fingerprint density at radius 1 is 1.39 bits per heavy atom. The van der Waals surface area contributed by atoms with Gasteiger partial charge in [-0.05, 0) is 32.3 Å². The van der Waals surface area contributed by atoms with Crippen molar-refractivity contribution in [2.45, 2.75) is 0 Å². The molecule has 0 radical (unpaired) electrons. The van der Waals surface area contributed by atoms with Gasteiger partial charge in [-0.2, -0.15) is 5.10 Å². The third-order valence-corrected chi connectivity index (χ3v) is 1.98. The van der Waals surface area contributed by atoms with Crippen molar-refractivity contribution >= 4 is 12.0 Å². The van der Waals surface area contributed by atoms with Crippen molar-refractivity contribution in [1.29, 1.82) is 0 Å². The van der Waals surface area contributed by atoms with Gasteiger partial charge in [0.2, 0.25) is 0 Å². The second kappa shape index (κ2) is 6.51. The first-order valence-corrected chi connectivity index (χ1v) is 5.27. The smallest absolute Gasteiger partial charge is 0.170 e. The van der Waals surface area contributed by atoms with Gasteiger partial charge in [-0.3, -0.25) is 4.79 Å². The van der Waals surface area contributed by atoms with Gasteiger partial charge in [-0.1, -0.05) is 0 Å². The van der Waals surface area contributed by atoms with Crippen molar-refractivity contribution in [3.63, 3.8) is 0 Å². The van der Waals surface area contributed by atoms with Crippen molar-refractivity contribution in [3.8, 4) is 5.69 Å². The Morgan fingerprint density at radius 3 is 2.56 bits per heavy atom. The van der Waals surface area contributed by atoms with Crippen LogP contribution < -0.4 is 11.1 Å². The molecular formula is C12H15FN4O. The lowest BCUT2D eigenvalue weighted by molar-refractivity contribution is 0.111. The summed E-state index contributed by atoms with van der Waals surface area (Å²) in [5.74, 6) is -0.504. The molecule has 0 spiro atoms. The number of hydrogen-bond acceptors (Lipinski definition) is 4. The van der Waals surface area contributed by atoms with Crippen molar-refractivity contribution in [2.75, 3.05) is 19.8 Å². The Balaban J connectivity index is 0.000000492. The Labute approximate surface area is 104 Å². The van der Waals surface area contributed by atoms with E-state index in [0.717, 1.165) is 0 Å². The van der Waals surface area contributed by atoms with Crippen LogP contribution in [-0.2, 0) is 0 Å². The summed E-state index contributed by atoms with van der Waals surface area (Å²) < 4.78 is 14.5. The molecule has 0 amide bonds. The highest BCUT2D eigenvalue weighted by Gasteiger charge is 2.03. The molecule has 0 bridgehead atoms. The van der Waals surface area contributed by atoms with Gasteiger partial charge >= 0.3 is 0 Å². The first-order chi connectivity index (χ1) is 8.62. The Kier molecular flexibility index (Phi) is 5.01. The number of hydrogen-bond donors (Lipinski definition) is 2. The SMILES string of the molecule is CNC.Nc1ccc(-n2ccc(C=O)n2)cc1F. The number of nitrogens with two attached hydrogens (primary N) is 1. The molecule has 6 heteroatoms. The molecule has 2 aromatic rings. The highest BCUT2D eigenvalue weighted by molar-refractivity contribution is 5.71. The number of nitrogens with zero attached hydrogens (tertiary/aromatic N) is 2. The van der Waals surface area contributed by atoms with E-state index < -0.39 is 5.82 Å². The van der Waals surface area contributed by atoms with E-state index in [1.54, 1.807) is 18.3 Å². The van der Waals surface area contributed by atoms with Crippen LogP contribution in [0, 0.1) is 5.82 Å². The Bertz CT molecular complexity index is 525. The fraction of sp³-hybridized carbons (Fsp3) is 0.167. The van der Waals surface area contributed by atoms with E-state index in [2.05, 4.69) is 10.4 Å². The zero-order chi connectivity index (χ0) is 13.5. The molecule has 1 heterocycles. The lowest BCUT2D eigenvalue weighted by Gasteiger charge is -2.02. The number of halogens is 1. The van der Waals surface area contributed by atoms with Crippen molar-refractivity contribution in [3.05, 3.63) is 42.0 Å². The number of aromatic nitrogens is 2. The molecule has 5 nitrogen and oxygen atoms in total. The molecule has 1 aromatic heterocycles. The third kappa shape index (κ3) is 3.39. The highest BCUT2D eigenvalue weighted by atomic mass is 19.1. The van der Waals surface area contributed by atoms with Gasteiger partial charge in [0, 0.05) is 12.3 Å². The standard InChI is InChI=1S/C10H8FN3O.C2H7N/c11-9-5-8(1-2-10(9)12)14-4-3-7(6-15)13-14;1-3-2/h1-6H,12H2;3H,1-2H3. The van der Waals surface area contributed by atoms with Gasteiger partial charge in [-0.15, -0.1) is 0 Å². The number of nitrogen functional groups attached to an aromatic ring is 1. The maximum Gasteiger partial charge on any atom is 0.170 e. The van der Waals surface area contributed by atoms with Crippen LogP contribution in [0.5, 0.6) is 0 Å². The van der Waals surface area contributed by atoms with E-state index in [1.807, 2.05) is 14.1 Å². The van der Waals surface area contributed by atoms with Gasteiger partial charge in [0.1, 0.15) is 11.5 Å². The highest BCUT2D eigenvalue weighted by Crippen LogP contribution is 2.14. The van der Waals surface area contributed by atoms with E-state index in [4.69, 9.17) is 5.73 Å². The zero-order valence-corrected chi connectivity index (χ0v) is 10.2. The van der Waals surface area contributed by atoms with Gasteiger partial charge in [0.05, 0.1) is 11.4 Å². The average Bonchev–Trinajstić information content (AvgIpc) is 2.82. The second-order valence-corrected chi connectivity index (χ2v) is 3.51. The number of anilines is 1. The second-order valence-electron chi connectivity index (χ2n) is 3.51. The van der Waals surface area contributed by atoms with Crippen LogP contribution in [0.3, 0.4) is 0 Å². The summed E-state index contributed by atoms with van der Waals surface area (Å²) in [7, 11) is 3.75. The summed E-state index contributed by atoms with van der Waals surface area (Å²) in [6.07, 6.45) is 2.21. The fourth-order valence-electron chi connectivity index (χ4n) is 1.20. The summed E-state index contributed by atoms with van der Waals surface area (Å²) in [6, 6.07) is 5.88. The minimum absolute atomic E-state index is 0.0847. The largest absolute Gasteiger partial charge is 0.396 e. The predicted molar refractivity (Wildman–Crippen MR) is 68.3 cm³/mol. The fourth-order valence-corrected chi connectivity index (χ4v) is 1.20. The topological polar surface area (TPSA) is 72.9 Å². The van der Waals surface area contributed by atoms with Crippen LogP contribution in [0.4, 0.5) is 10.1 Å². The molecule has 0 aliphatic rings. The summed E-state index contributed by atoms with van der Waals surface area (Å²) >= 11 is 0. The molecule has 0 aliphatic carbocycles. The summed E-state index contributed by atoms with van der Waals surface area (Å²) in [5.41, 5.74) is 6.24. The number of aldehydes is 1. The Morgan fingerprint density at radius 2 is 2.06 bits per heavy atom. The summed E-state index contributed by atoms with van der Waals surface area (Å²) in [6.45, 7) is 0. The molecular weight excluding hydrogens is 235 g/mol. The minimum Gasteiger partial charge on any atom is -0.396 e. The number of carbonyl (C=O) groups excluding carboxylic acids is 1. The van der Waals surface area contributed by atoms with Crippen LogP contribution in [-0.4, -0.2) is 30.2 Å². The lowest BCUT2D eigenvalue weighted by atomic mass is 10.3. The monoisotopic (exact) mass is 250 g/mol. The van der Waals surface area contributed by atoms with Crippen LogP contribution in [0.15, 0.2) is 30.5 Å². The van der Waals surface area contributed by atoms with E-state index in [-0.39, 0.29) is 5.69 Å². The molecule has 0 aliphatic heterocycles. The zero-order valence-electron chi connectivity index (χ0n) is 10.2. The number of carbonyl (C=O) groups is 1. The number of nitrogens with one attached hydrogen (secondary N) is 1. The third-order valence-electron chi connectivity index (χ3n) is 1.98. The van der Waals surface area contributed by atoms with Gasteiger partial charge in [0.15, 0.2) is 6.29 Å². The maximum atomic E-state index is 13.1. The van der Waals surface area contributed by atoms with E-state index in [1.165, 1.54) is 16.8 Å². The molecule has 2 rings (SSSR count). The molecule has 0 saturated heterocycles. The Hall–Kier alpha value is -2.21. The number of rotatable bonds is 2. The summed E-state index contributed by atoms with van der Waals surface area (Å²) in [4.78, 5) is 10.4. The molecule has 96 valence electrons. The molecule has 1 aromatic carbocycles. The van der Waals surface area contributed by atoms with Crippen molar-refractivity contribution in [1.82, 2.24) is 15.1 Å². The molecule has 0 atom stereocenters. The molecule has 0 fully saturated rings. The van der Waals surface area contributed by atoms with Crippen LogP contribution >= 0.6 is 0 Å². The molecule has 18 heavy (non-hydrogen) atoms. The minimum atomic E-state index is -0.504.